The Kier molecular flexibility index (Phi) is 6.02. The van der Waals surface area contributed by atoms with Gasteiger partial charge in [0.1, 0.15) is 0 Å². The van der Waals surface area contributed by atoms with Crippen molar-refractivity contribution in [2.75, 3.05) is 0 Å². The van der Waals surface area contributed by atoms with E-state index in [0.717, 1.165) is 54.3 Å². The zero-order chi connectivity index (χ0) is 20.4. The van der Waals surface area contributed by atoms with Gasteiger partial charge in [-0.15, -0.1) is 11.8 Å². The molecule has 0 spiro atoms. The van der Waals surface area contributed by atoms with E-state index in [4.69, 9.17) is 0 Å². The standard InChI is InChI=1S/C23H24F3NOS/c24-23(25,26)17-5-12-22(27-14-17)21(13-15-1-6-18(28)7-2-15)16-3-8-19(9-4-16)29-20-10-11-20/h3-5,8-9,12-15,18,20,28H,1-2,6-7,10-11H2/b21-13+. The van der Waals surface area contributed by atoms with Crippen molar-refractivity contribution < 1.29 is 18.3 Å². The van der Waals surface area contributed by atoms with Crippen LogP contribution < -0.4 is 0 Å². The largest absolute Gasteiger partial charge is 0.417 e. The molecule has 2 fully saturated rings. The molecular formula is C23H24F3NOS. The van der Waals surface area contributed by atoms with Crippen molar-refractivity contribution in [2.45, 2.75) is 61.0 Å². The summed E-state index contributed by atoms with van der Waals surface area (Å²) in [5.74, 6) is 0.290. The Morgan fingerprint density at radius 1 is 0.966 bits per heavy atom. The number of benzene rings is 1. The summed E-state index contributed by atoms with van der Waals surface area (Å²) in [5.41, 5.74) is 1.64. The van der Waals surface area contributed by atoms with Crippen LogP contribution in [0.2, 0.25) is 0 Å². The molecule has 1 N–H and O–H groups in total. The highest BCUT2D eigenvalue weighted by Crippen LogP contribution is 2.40. The van der Waals surface area contributed by atoms with Crippen LogP contribution in [0.15, 0.2) is 53.6 Å². The summed E-state index contributed by atoms with van der Waals surface area (Å²) in [4.78, 5) is 5.36. The van der Waals surface area contributed by atoms with Gasteiger partial charge in [-0.1, -0.05) is 18.2 Å². The first-order valence-electron chi connectivity index (χ1n) is 10.1. The van der Waals surface area contributed by atoms with Crippen LogP contribution >= 0.6 is 11.8 Å². The van der Waals surface area contributed by atoms with Crippen LogP contribution in [-0.4, -0.2) is 21.4 Å². The minimum atomic E-state index is -4.39. The van der Waals surface area contributed by atoms with Gasteiger partial charge in [-0.05, 0) is 74.3 Å². The fourth-order valence-corrected chi connectivity index (χ4v) is 4.70. The van der Waals surface area contributed by atoms with Gasteiger partial charge in [0.05, 0.1) is 17.4 Å². The Balaban J connectivity index is 1.63. The van der Waals surface area contributed by atoms with Gasteiger partial charge in [-0.25, -0.2) is 0 Å². The van der Waals surface area contributed by atoms with Crippen molar-refractivity contribution in [1.29, 1.82) is 0 Å². The average Bonchev–Trinajstić information content (AvgIpc) is 3.52. The van der Waals surface area contributed by atoms with Crippen LogP contribution in [0.5, 0.6) is 0 Å². The molecule has 6 heteroatoms. The molecule has 1 aromatic heterocycles. The molecule has 1 aromatic carbocycles. The van der Waals surface area contributed by atoms with Gasteiger partial charge in [0, 0.05) is 21.9 Å². The molecule has 0 saturated heterocycles. The predicted molar refractivity (Wildman–Crippen MR) is 110 cm³/mol. The Hall–Kier alpha value is -1.79. The van der Waals surface area contributed by atoms with E-state index in [1.165, 1.54) is 23.8 Å². The Labute approximate surface area is 173 Å². The van der Waals surface area contributed by atoms with Crippen LogP contribution in [-0.2, 0) is 6.18 Å². The van der Waals surface area contributed by atoms with Crippen LogP contribution in [0.4, 0.5) is 13.2 Å². The first kappa shape index (κ1) is 20.5. The van der Waals surface area contributed by atoms with Gasteiger partial charge in [0.15, 0.2) is 0 Å². The summed E-state index contributed by atoms with van der Waals surface area (Å²) in [7, 11) is 0. The molecule has 2 aliphatic rings. The lowest BCUT2D eigenvalue weighted by Gasteiger charge is -2.24. The fourth-order valence-electron chi connectivity index (χ4n) is 3.65. The van der Waals surface area contributed by atoms with E-state index in [9.17, 15) is 18.3 Å². The predicted octanol–water partition coefficient (Wildman–Crippen LogP) is 6.34. The number of hydrogen-bond acceptors (Lipinski definition) is 3. The second-order valence-electron chi connectivity index (χ2n) is 7.92. The number of rotatable bonds is 5. The third kappa shape index (κ3) is 5.43. The number of thioether (sulfide) groups is 1. The molecule has 154 valence electrons. The van der Waals surface area contributed by atoms with Crippen molar-refractivity contribution in [3.63, 3.8) is 0 Å². The van der Waals surface area contributed by atoms with E-state index in [1.54, 1.807) is 0 Å². The highest BCUT2D eigenvalue weighted by Gasteiger charge is 2.31. The van der Waals surface area contributed by atoms with E-state index in [-0.39, 0.29) is 12.0 Å². The summed E-state index contributed by atoms with van der Waals surface area (Å²) in [6.45, 7) is 0. The van der Waals surface area contributed by atoms with Crippen LogP contribution in [0.3, 0.4) is 0 Å². The minimum absolute atomic E-state index is 0.244. The molecule has 0 aliphatic heterocycles. The summed E-state index contributed by atoms with van der Waals surface area (Å²) in [5, 5.41) is 10.5. The zero-order valence-electron chi connectivity index (χ0n) is 16.0. The van der Waals surface area contributed by atoms with Gasteiger partial charge in [0.2, 0.25) is 0 Å². The van der Waals surface area contributed by atoms with E-state index < -0.39 is 11.7 Å². The van der Waals surface area contributed by atoms with Gasteiger partial charge >= 0.3 is 6.18 Å². The maximum absolute atomic E-state index is 12.9. The second kappa shape index (κ2) is 8.52. The molecule has 1 heterocycles. The number of allylic oxidation sites excluding steroid dienone is 1. The smallest absolute Gasteiger partial charge is 0.393 e. The van der Waals surface area contributed by atoms with Gasteiger partial charge in [-0.2, -0.15) is 13.2 Å². The topological polar surface area (TPSA) is 33.1 Å². The number of halogens is 3. The van der Waals surface area contributed by atoms with E-state index >= 15 is 0 Å². The number of aromatic nitrogens is 1. The summed E-state index contributed by atoms with van der Waals surface area (Å²) in [6, 6.07) is 10.8. The van der Waals surface area contributed by atoms with Crippen molar-refractivity contribution in [3.8, 4) is 0 Å². The zero-order valence-corrected chi connectivity index (χ0v) is 16.8. The summed E-state index contributed by atoms with van der Waals surface area (Å²) < 4.78 is 38.8. The quantitative estimate of drug-likeness (QED) is 0.614. The van der Waals surface area contributed by atoms with Crippen LogP contribution in [0.25, 0.3) is 5.57 Å². The number of alkyl halides is 3. The fraction of sp³-hybridized carbons (Fsp3) is 0.435. The third-order valence-corrected chi connectivity index (χ3v) is 6.85. The molecule has 0 amide bonds. The highest BCUT2D eigenvalue weighted by molar-refractivity contribution is 8.00. The monoisotopic (exact) mass is 419 g/mol. The summed E-state index contributed by atoms with van der Waals surface area (Å²) >= 11 is 1.88. The number of aliphatic hydroxyl groups excluding tert-OH is 1. The molecular weight excluding hydrogens is 395 g/mol. The lowest BCUT2D eigenvalue weighted by Crippen LogP contribution is -2.17. The molecule has 0 unspecified atom stereocenters. The molecule has 29 heavy (non-hydrogen) atoms. The first-order chi connectivity index (χ1) is 13.9. The van der Waals surface area contributed by atoms with Gasteiger partial charge in [-0.3, -0.25) is 4.98 Å². The molecule has 0 radical (unpaired) electrons. The van der Waals surface area contributed by atoms with Crippen molar-refractivity contribution in [2.24, 2.45) is 5.92 Å². The lowest BCUT2D eigenvalue weighted by atomic mass is 9.85. The average molecular weight is 420 g/mol. The normalized spacial score (nSPS) is 23.2. The number of pyridine rings is 1. The summed E-state index contributed by atoms with van der Waals surface area (Å²) in [6.07, 6.45) is 4.19. The van der Waals surface area contributed by atoms with Crippen LogP contribution in [0, 0.1) is 5.92 Å². The maximum atomic E-state index is 12.9. The lowest BCUT2D eigenvalue weighted by molar-refractivity contribution is -0.137. The Morgan fingerprint density at radius 3 is 2.21 bits per heavy atom. The number of hydrogen-bond donors (Lipinski definition) is 1. The minimum Gasteiger partial charge on any atom is -0.393 e. The first-order valence-corrected chi connectivity index (χ1v) is 11.0. The molecule has 0 atom stereocenters. The van der Waals surface area contributed by atoms with Crippen molar-refractivity contribution in [1.82, 2.24) is 4.98 Å². The molecule has 2 aromatic rings. The maximum Gasteiger partial charge on any atom is 0.417 e. The SMILES string of the molecule is OC1CCC(/C=C(\c2ccc(SC3CC3)cc2)c2ccc(C(F)(F)F)cn2)CC1. The highest BCUT2D eigenvalue weighted by atomic mass is 32.2. The Morgan fingerprint density at radius 2 is 1.66 bits per heavy atom. The van der Waals surface area contributed by atoms with E-state index in [0.29, 0.717) is 5.69 Å². The Bertz CT molecular complexity index is 849. The number of aliphatic hydroxyl groups is 1. The van der Waals surface area contributed by atoms with Gasteiger partial charge < -0.3 is 5.11 Å². The van der Waals surface area contributed by atoms with Crippen molar-refractivity contribution in [3.05, 3.63) is 65.5 Å². The molecule has 0 bridgehead atoms. The van der Waals surface area contributed by atoms with E-state index in [2.05, 4.69) is 23.2 Å². The van der Waals surface area contributed by atoms with Gasteiger partial charge in [0.25, 0.3) is 0 Å². The molecule has 2 nitrogen and oxygen atoms in total. The second-order valence-corrected chi connectivity index (χ2v) is 9.29. The molecule has 2 aliphatic carbocycles. The number of nitrogens with zero attached hydrogens (tertiary/aromatic N) is 1. The third-order valence-electron chi connectivity index (χ3n) is 5.50. The molecule has 4 rings (SSSR count). The van der Waals surface area contributed by atoms with E-state index in [1.807, 2.05) is 23.9 Å². The van der Waals surface area contributed by atoms with Crippen molar-refractivity contribution >= 4 is 17.3 Å². The molecule has 2 saturated carbocycles. The van der Waals surface area contributed by atoms with Crippen LogP contribution in [0.1, 0.15) is 55.3 Å².